The summed E-state index contributed by atoms with van der Waals surface area (Å²) < 4.78 is 5.65. The molecule has 0 spiro atoms. The standard InChI is InChI=1S/C22H23NO2S/c1-3-24-22-15-19(7-6-17(22)2)9-8-18-10-12-20(13-11-18)23-25-16-21-5-4-14-26-21/h4-15,23H,3,16H2,1-2H3/b9-8+. The molecule has 0 aliphatic rings. The minimum absolute atomic E-state index is 0.564. The number of benzene rings is 2. The van der Waals surface area contributed by atoms with Crippen LogP contribution in [0.5, 0.6) is 5.75 Å². The highest BCUT2D eigenvalue weighted by Crippen LogP contribution is 2.21. The van der Waals surface area contributed by atoms with Gasteiger partial charge in [-0.05, 0) is 60.2 Å². The predicted octanol–water partition coefficient (Wildman–Crippen LogP) is 6.17. The fourth-order valence-electron chi connectivity index (χ4n) is 2.47. The van der Waals surface area contributed by atoms with Crippen LogP contribution in [-0.2, 0) is 11.4 Å². The number of aryl methyl sites for hydroxylation is 1. The van der Waals surface area contributed by atoms with Crippen LogP contribution < -0.4 is 10.2 Å². The molecule has 1 heterocycles. The van der Waals surface area contributed by atoms with Gasteiger partial charge in [0.2, 0.25) is 0 Å². The van der Waals surface area contributed by atoms with Gasteiger partial charge < -0.3 is 4.74 Å². The molecule has 26 heavy (non-hydrogen) atoms. The highest BCUT2D eigenvalue weighted by atomic mass is 32.1. The van der Waals surface area contributed by atoms with E-state index in [2.05, 4.69) is 61.0 Å². The Morgan fingerprint density at radius 1 is 1.00 bits per heavy atom. The van der Waals surface area contributed by atoms with Crippen LogP contribution in [0.1, 0.15) is 28.5 Å². The van der Waals surface area contributed by atoms with Gasteiger partial charge in [-0.3, -0.25) is 10.3 Å². The Hall–Kier alpha value is -2.56. The second-order valence-corrected chi connectivity index (χ2v) is 6.92. The van der Waals surface area contributed by atoms with Crippen molar-refractivity contribution in [3.63, 3.8) is 0 Å². The van der Waals surface area contributed by atoms with E-state index in [0.717, 1.165) is 28.1 Å². The Morgan fingerprint density at radius 2 is 1.77 bits per heavy atom. The first-order chi connectivity index (χ1) is 12.7. The molecule has 3 nitrogen and oxygen atoms in total. The Labute approximate surface area is 158 Å². The summed E-state index contributed by atoms with van der Waals surface area (Å²) in [6.45, 7) is 5.30. The number of ether oxygens (including phenoxy) is 1. The molecule has 0 atom stereocenters. The maximum Gasteiger partial charge on any atom is 0.122 e. The summed E-state index contributed by atoms with van der Waals surface area (Å²) in [5, 5.41) is 2.05. The van der Waals surface area contributed by atoms with Crippen LogP contribution in [0, 0.1) is 6.92 Å². The van der Waals surface area contributed by atoms with Crippen molar-refractivity contribution in [2.24, 2.45) is 0 Å². The van der Waals surface area contributed by atoms with Crippen molar-refractivity contribution < 1.29 is 9.57 Å². The highest BCUT2D eigenvalue weighted by molar-refractivity contribution is 7.09. The van der Waals surface area contributed by atoms with E-state index in [9.17, 15) is 0 Å². The Morgan fingerprint density at radius 3 is 2.50 bits per heavy atom. The molecule has 0 bridgehead atoms. The zero-order valence-corrected chi connectivity index (χ0v) is 15.9. The van der Waals surface area contributed by atoms with Gasteiger partial charge in [-0.1, -0.05) is 42.5 Å². The summed E-state index contributed by atoms with van der Waals surface area (Å²) in [6.07, 6.45) is 4.19. The Bertz CT molecular complexity index is 839. The number of hydrogen-bond donors (Lipinski definition) is 1. The third kappa shape index (κ3) is 5.22. The first-order valence-corrected chi connectivity index (χ1v) is 9.54. The third-order valence-corrected chi connectivity index (χ3v) is 4.73. The summed E-state index contributed by atoms with van der Waals surface area (Å²) in [4.78, 5) is 6.70. The lowest BCUT2D eigenvalue weighted by molar-refractivity contribution is 0.183. The van der Waals surface area contributed by atoms with E-state index in [-0.39, 0.29) is 0 Å². The van der Waals surface area contributed by atoms with E-state index in [4.69, 9.17) is 9.57 Å². The molecule has 1 aromatic heterocycles. The normalized spacial score (nSPS) is 11.0. The Kier molecular flexibility index (Phi) is 6.47. The monoisotopic (exact) mass is 365 g/mol. The van der Waals surface area contributed by atoms with Crippen LogP contribution in [0.2, 0.25) is 0 Å². The van der Waals surface area contributed by atoms with Gasteiger partial charge in [0.25, 0.3) is 0 Å². The van der Waals surface area contributed by atoms with Crippen LogP contribution in [0.4, 0.5) is 5.69 Å². The molecule has 4 heteroatoms. The maximum atomic E-state index is 5.65. The minimum Gasteiger partial charge on any atom is -0.494 e. The van der Waals surface area contributed by atoms with Gasteiger partial charge in [0.15, 0.2) is 0 Å². The molecule has 0 saturated heterocycles. The van der Waals surface area contributed by atoms with E-state index >= 15 is 0 Å². The third-order valence-electron chi connectivity index (χ3n) is 3.88. The first-order valence-electron chi connectivity index (χ1n) is 8.66. The fourth-order valence-corrected chi connectivity index (χ4v) is 3.09. The van der Waals surface area contributed by atoms with E-state index in [1.165, 1.54) is 4.88 Å². The summed E-state index contributed by atoms with van der Waals surface area (Å²) in [5.74, 6) is 0.942. The van der Waals surface area contributed by atoms with Gasteiger partial charge in [0.05, 0.1) is 12.3 Å². The molecule has 0 saturated carbocycles. The van der Waals surface area contributed by atoms with Crippen LogP contribution in [0.3, 0.4) is 0 Å². The zero-order valence-electron chi connectivity index (χ0n) is 15.1. The van der Waals surface area contributed by atoms with Gasteiger partial charge in [0.1, 0.15) is 12.4 Å². The van der Waals surface area contributed by atoms with Crippen molar-refractivity contribution in [2.45, 2.75) is 20.5 Å². The second kappa shape index (κ2) is 9.22. The van der Waals surface area contributed by atoms with Crippen LogP contribution in [0.25, 0.3) is 12.2 Å². The molecule has 0 aliphatic carbocycles. The van der Waals surface area contributed by atoms with Gasteiger partial charge in [-0.25, -0.2) is 0 Å². The van der Waals surface area contributed by atoms with E-state index in [0.29, 0.717) is 13.2 Å². The van der Waals surface area contributed by atoms with E-state index < -0.39 is 0 Å². The molecule has 2 aromatic carbocycles. The maximum absolute atomic E-state index is 5.65. The Balaban J connectivity index is 1.56. The van der Waals surface area contributed by atoms with Crippen molar-refractivity contribution >= 4 is 29.2 Å². The number of rotatable bonds is 8. The molecule has 134 valence electrons. The van der Waals surface area contributed by atoms with Crippen molar-refractivity contribution in [3.8, 4) is 5.75 Å². The largest absolute Gasteiger partial charge is 0.494 e. The van der Waals surface area contributed by atoms with Crippen molar-refractivity contribution in [3.05, 3.63) is 81.5 Å². The average molecular weight is 365 g/mol. The number of nitrogens with one attached hydrogen (secondary N) is 1. The smallest absolute Gasteiger partial charge is 0.122 e. The molecule has 3 aromatic rings. The van der Waals surface area contributed by atoms with Gasteiger partial charge in [0, 0.05) is 4.88 Å². The molecule has 0 fully saturated rings. The zero-order chi connectivity index (χ0) is 18.2. The lowest BCUT2D eigenvalue weighted by atomic mass is 10.1. The number of thiophene rings is 1. The average Bonchev–Trinajstić information content (AvgIpc) is 3.17. The quantitative estimate of drug-likeness (QED) is 0.382. The van der Waals surface area contributed by atoms with Crippen molar-refractivity contribution in [1.29, 1.82) is 0 Å². The minimum atomic E-state index is 0.564. The molecule has 1 N–H and O–H groups in total. The molecule has 0 aliphatic heterocycles. The summed E-state index contributed by atoms with van der Waals surface area (Å²) >= 11 is 1.69. The van der Waals surface area contributed by atoms with Gasteiger partial charge in [-0.2, -0.15) is 0 Å². The molecule has 3 rings (SSSR count). The van der Waals surface area contributed by atoms with E-state index in [1.807, 2.05) is 30.5 Å². The second-order valence-electron chi connectivity index (χ2n) is 5.88. The summed E-state index contributed by atoms with van der Waals surface area (Å²) in [7, 11) is 0. The predicted molar refractivity (Wildman–Crippen MR) is 110 cm³/mol. The lowest BCUT2D eigenvalue weighted by Gasteiger charge is -2.08. The molecular formula is C22H23NO2S. The van der Waals surface area contributed by atoms with Crippen molar-refractivity contribution in [2.75, 3.05) is 12.1 Å². The first kappa shape index (κ1) is 18.2. The van der Waals surface area contributed by atoms with Crippen LogP contribution >= 0.6 is 11.3 Å². The van der Waals surface area contributed by atoms with Crippen LogP contribution in [-0.4, -0.2) is 6.61 Å². The molecule has 0 unspecified atom stereocenters. The van der Waals surface area contributed by atoms with Gasteiger partial charge in [-0.15, -0.1) is 11.3 Å². The number of hydrogen-bond acceptors (Lipinski definition) is 4. The molecule has 0 radical (unpaired) electrons. The van der Waals surface area contributed by atoms with Crippen LogP contribution in [0.15, 0.2) is 60.0 Å². The molecular weight excluding hydrogens is 342 g/mol. The molecule has 0 amide bonds. The summed E-state index contributed by atoms with van der Waals surface area (Å²) in [6, 6.07) is 18.5. The van der Waals surface area contributed by atoms with Crippen molar-refractivity contribution in [1.82, 2.24) is 0 Å². The van der Waals surface area contributed by atoms with E-state index in [1.54, 1.807) is 11.3 Å². The summed E-state index contributed by atoms with van der Waals surface area (Å²) in [5.41, 5.74) is 7.33. The fraction of sp³-hybridized carbons (Fsp3) is 0.182. The highest BCUT2D eigenvalue weighted by Gasteiger charge is 1.99. The number of anilines is 1. The van der Waals surface area contributed by atoms with Gasteiger partial charge >= 0.3 is 0 Å². The lowest BCUT2D eigenvalue weighted by Crippen LogP contribution is -2.00. The topological polar surface area (TPSA) is 30.5 Å². The SMILES string of the molecule is CCOc1cc(/C=C/c2ccc(NOCc3cccs3)cc2)ccc1C.